The lowest BCUT2D eigenvalue weighted by Crippen LogP contribution is -2.40. The minimum atomic E-state index is -4.39. The van der Waals surface area contributed by atoms with Gasteiger partial charge < -0.3 is 9.29 Å². The normalized spacial score (nSPS) is 16.0. The van der Waals surface area contributed by atoms with Crippen LogP contribution in [0.5, 0.6) is 5.19 Å². The number of aromatic nitrogens is 1. The summed E-state index contributed by atoms with van der Waals surface area (Å²) in [5.41, 5.74) is 0. The monoisotopic (exact) mass is 330 g/mol. The maximum Gasteiger partial charge on any atom is 0.422 e. The highest BCUT2D eigenvalue weighted by Crippen LogP contribution is 2.29. The maximum absolute atomic E-state index is 12.0. The van der Waals surface area contributed by atoms with Crippen LogP contribution in [-0.2, 0) is 11.4 Å². The summed E-state index contributed by atoms with van der Waals surface area (Å²) in [5, 5.41) is -0.0486. The first-order chi connectivity index (χ1) is 8.99. The highest BCUT2D eigenvalue weighted by Gasteiger charge is 2.30. The molecule has 1 heterocycles. The quantitative estimate of drug-likeness (QED) is 0.843. The Hall–Kier alpha value is -0.510. The van der Waals surface area contributed by atoms with E-state index in [9.17, 15) is 17.7 Å². The van der Waals surface area contributed by atoms with E-state index in [0.717, 1.165) is 11.3 Å². The molecule has 0 aromatic carbocycles. The van der Waals surface area contributed by atoms with Crippen molar-refractivity contribution < 1.29 is 22.5 Å². The average Bonchev–Trinajstić information content (AvgIpc) is 2.72. The predicted molar refractivity (Wildman–Crippen MR) is 73.1 cm³/mol. The molecule has 0 aliphatic heterocycles. The first kappa shape index (κ1) is 17.5. The van der Waals surface area contributed by atoms with Gasteiger partial charge in [-0.2, -0.15) is 13.2 Å². The molecule has 2 unspecified atom stereocenters. The van der Waals surface area contributed by atoms with Crippen LogP contribution in [0, 0.1) is 0 Å². The first-order valence-corrected chi connectivity index (χ1v) is 7.79. The number of rotatable bonds is 5. The number of alkyl halides is 3. The summed E-state index contributed by atoms with van der Waals surface area (Å²) in [5.74, 6) is 0. The lowest BCUT2D eigenvalue weighted by molar-refractivity contribution is -0.153. The second-order valence-electron chi connectivity index (χ2n) is 5.15. The molecule has 0 aliphatic rings. The third-order valence-corrected chi connectivity index (χ3v) is 4.90. The highest BCUT2D eigenvalue weighted by molar-refractivity contribution is 7.90. The molecule has 1 rings (SSSR count). The zero-order valence-corrected chi connectivity index (χ0v) is 13.2. The molecule has 1 aromatic heterocycles. The third kappa shape index (κ3) is 5.86. The molecule has 20 heavy (non-hydrogen) atoms. The van der Waals surface area contributed by atoms with E-state index in [1.54, 1.807) is 6.92 Å². The van der Waals surface area contributed by atoms with E-state index in [0.29, 0.717) is 4.88 Å². The molecule has 4 nitrogen and oxygen atoms in total. The van der Waals surface area contributed by atoms with Crippen molar-refractivity contribution in [3.05, 3.63) is 11.1 Å². The van der Waals surface area contributed by atoms with E-state index >= 15 is 0 Å². The zero-order valence-electron chi connectivity index (χ0n) is 11.6. The van der Waals surface area contributed by atoms with Crippen LogP contribution in [0.15, 0.2) is 6.20 Å². The summed E-state index contributed by atoms with van der Waals surface area (Å²) in [7, 11) is 0. The molecule has 0 saturated carbocycles. The largest absolute Gasteiger partial charge is 0.598 e. The van der Waals surface area contributed by atoms with Crippen LogP contribution in [0.1, 0.15) is 38.6 Å². The van der Waals surface area contributed by atoms with Gasteiger partial charge in [0.2, 0.25) is 0 Å². The van der Waals surface area contributed by atoms with Gasteiger partial charge in [0, 0.05) is 22.4 Å². The Morgan fingerprint density at radius 1 is 1.45 bits per heavy atom. The minimum absolute atomic E-state index is 0.0486. The van der Waals surface area contributed by atoms with Crippen LogP contribution in [-0.4, -0.2) is 27.1 Å². The second kappa shape index (κ2) is 6.50. The summed E-state index contributed by atoms with van der Waals surface area (Å²) < 4.78 is 55.0. The Morgan fingerprint density at radius 3 is 2.55 bits per heavy atom. The number of thiazole rings is 1. The number of nitrogens with one attached hydrogen (secondary N) is 1. The van der Waals surface area contributed by atoms with Gasteiger partial charge in [0.1, 0.15) is 4.75 Å². The smallest absolute Gasteiger partial charge is 0.422 e. The molecular formula is C11H17F3N2O2S2. The molecule has 0 saturated heterocycles. The SMILES string of the molecule is CC(N[S+]([O-])C(C)(C)C)c1cnc(OCC(F)(F)F)s1. The van der Waals surface area contributed by atoms with E-state index in [4.69, 9.17) is 0 Å². The fourth-order valence-electron chi connectivity index (χ4n) is 1.08. The van der Waals surface area contributed by atoms with Gasteiger partial charge >= 0.3 is 6.18 Å². The standard InChI is InChI=1S/C11H17F3N2O2S2/c1-7(16-20(17)10(2,3)4)8-5-15-9(19-8)18-6-11(12,13)14/h5,7,16H,6H2,1-4H3. The topological polar surface area (TPSA) is 57.2 Å². The van der Waals surface area contributed by atoms with Crippen molar-refractivity contribution in [2.24, 2.45) is 0 Å². The molecule has 116 valence electrons. The van der Waals surface area contributed by atoms with E-state index in [2.05, 4.69) is 14.4 Å². The van der Waals surface area contributed by atoms with Crippen molar-refractivity contribution in [2.45, 2.75) is 44.7 Å². The van der Waals surface area contributed by atoms with Gasteiger partial charge in [0.25, 0.3) is 5.19 Å². The number of halogens is 3. The van der Waals surface area contributed by atoms with Crippen molar-refractivity contribution in [1.29, 1.82) is 0 Å². The second-order valence-corrected chi connectivity index (χ2v) is 8.18. The lowest BCUT2D eigenvalue weighted by Gasteiger charge is -2.25. The Morgan fingerprint density at radius 2 is 2.05 bits per heavy atom. The van der Waals surface area contributed by atoms with Gasteiger partial charge in [0.15, 0.2) is 6.61 Å². The highest BCUT2D eigenvalue weighted by atomic mass is 32.2. The molecule has 1 aromatic rings. The van der Waals surface area contributed by atoms with E-state index < -0.39 is 28.9 Å². The fraction of sp³-hybridized carbons (Fsp3) is 0.727. The van der Waals surface area contributed by atoms with Crippen LogP contribution < -0.4 is 9.46 Å². The molecule has 0 aliphatic carbocycles. The number of hydrogen-bond donors (Lipinski definition) is 1. The van der Waals surface area contributed by atoms with E-state index in [-0.39, 0.29) is 11.2 Å². The number of ether oxygens (including phenoxy) is 1. The van der Waals surface area contributed by atoms with Crippen molar-refractivity contribution in [1.82, 2.24) is 9.71 Å². The molecule has 0 spiro atoms. The fourth-order valence-corrected chi connectivity index (χ4v) is 2.72. The van der Waals surface area contributed by atoms with Crippen molar-refractivity contribution in [3.8, 4) is 5.19 Å². The molecule has 1 N–H and O–H groups in total. The average molecular weight is 330 g/mol. The van der Waals surface area contributed by atoms with Crippen LogP contribution in [0.3, 0.4) is 0 Å². The van der Waals surface area contributed by atoms with Gasteiger partial charge in [-0.1, -0.05) is 11.3 Å². The van der Waals surface area contributed by atoms with Gasteiger partial charge in [0.05, 0.1) is 6.04 Å². The Labute approximate surface area is 123 Å². The molecule has 0 fully saturated rings. The maximum atomic E-state index is 12.0. The summed E-state index contributed by atoms with van der Waals surface area (Å²) >= 11 is -0.264. The third-order valence-electron chi connectivity index (χ3n) is 2.13. The molecule has 0 amide bonds. The van der Waals surface area contributed by atoms with Crippen LogP contribution >= 0.6 is 11.3 Å². The van der Waals surface area contributed by atoms with Crippen LogP contribution in [0.25, 0.3) is 0 Å². The molecule has 9 heteroatoms. The summed E-state index contributed by atoms with van der Waals surface area (Å²) in [6.45, 7) is 5.88. The minimum Gasteiger partial charge on any atom is -0.598 e. The van der Waals surface area contributed by atoms with Gasteiger partial charge in [-0.25, -0.2) is 4.98 Å². The summed E-state index contributed by atoms with van der Waals surface area (Å²) in [6, 6.07) is -0.282. The molecular weight excluding hydrogens is 313 g/mol. The van der Waals surface area contributed by atoms with E-state index in [1.807, 2.05) is 20.8 Å². The summed E-state index contributed by atoms with van der Waals surface area (Å²) in [4.78, 5) is 4.43. The summed E-state index contributed by atoms with van der Waals surface area (Å²) in [6.07, 6.45) is -2.96. The van der Waals surface area contributed by atoms with Gasteiger partial charge in [-0.3, -0.25) is 0 Å². The number of hydrogen-bond acceptors (Lipinski definition) is 5. The van der Waals surface area contributed by atoms with Crippen molar-refractivity contribution in [3.63, 3.8) is 0 Å². The van der Waals surface area contributed by atoms with E-state index in [1.165, 1.54) is 6.20 Å². The number of nitrogens with zero attached hydrogens (tertiary/aromatic N) is 1. The lowest BCUT2D eigenvalue weighted by atomic mass is 10.3. The molecule has 2 atom stereocenters. The molecule has 0 bridgehead atoms. The van der Waals surface area contributed by atoms with Crippen molar-refractivity contribution >= 4 is 22.7 Å². The Balaban J connectivity index is 2.58. The Bertz CT molecular complexity index is 432. The molecule has 0 radical (unpaired) electrons. The Kier molecular flexibility index (Phi) is 5.70. The van der Waals surface area contributed by atoms with Gasteiger partial charge in [-0.15, -0.1) is 4.72 Å². The van der Waals surface area contributed by atoms with Crippen LogP contribution in [0.4, 0.5) is 13.2 Å². The zero-order chi connectivity index (χ0) is 15.6. The van der Waals surface area contributed by atoms with Gasteiger partial charge in [-0.05, 0) is 27.7 Å². The first-order valence-electron chi connectivity index (χ1n) is 5.82. The van der Waals surface area contributed by atoms with Crippen LogP contribution in [0.2, 0.25) is 0 Å². The predicted octanol–water partition coefficient (Wildman–Crippen LogP) is 3.20. The van der Waals surface area contributed by atoms with Crippen molar-refractivity contribution in [2.75, 3.05) is 6.61 Å².